The summed E-state index contributed by atoms with van der Waals surface area (Å²) in [6.07, 6.45) is 0. The summed E-state index contributed by atoms with van der Waals surface area (Å²) in [6.45, 7) is 5.37. The second-order valence-corrected chi connectivity index (χ2v) is 7.47. The Labute approximate surface area is 197 Å². The first kappa shape index (κ1) is 24.2. The molecule has 0 aromatic heterocycles. The van der Waals surface area contributed by atoms with Crippen molar-refractivity contribution in [1.82, 2.24) is 5.43 Å². The maximum atomic E-state index is 12.4. The summed E-state index contributed by atoms with van der Waals surface area (Å²) >= 11 is 0. The summed E-state index contributed by atoms with van der Waals surface area (Å²) < 4.78 is 10.6. The average molecular weight is 460 g/mol. The van der Waals surface area contributed by atoms with Gasteiger partial charge in [0.2, 0.25) is 0 Å². The number of nitrogens with zero attached hydrogens (tertiary/aromatic N) is 1. The fraction of sp³-hybridized carbons (Fsp3) is 0.154. The highest BCUT2D eigenvalue weighted by Crippen LogP contribution is 2.21. The Morgan fingerprint density at radius 3 is 2.12 bits per heavy atom. The van der Waals surface area contributed by atoms with E-state index in [1.165, 1.54) is 7.11 Å². The fourth-order valence-electron chi connectivity index (χ4n) is 3.17. The minimum Gasteiger partial charge on any atom is -0.496 e. The van der Waals surface area contributed by atoms with Crippen molar-refractivity contribution >= 4 is 29.2 Å². The van der Waals surface area contributed by atoms with Gasteiger partial charge >= 0.3 is 17.8 Å². The first-order valence-corrected chi connectivity index (χ1v) is 10.5. The average Bonchev–Trinajstić information content (AvgIpc) is 2.84. The van der Waals surface area contributed by atoms with Crippen LogP contribution in [0.3, 0.4) is 0 Å². The van der Waals surface area contributed by atoms with E-state index in [9.17, 15) is 14.4 Å². The topological polar surface area (TPSA) is 106 Å². The molecule has 3 rings (SSSR count). The van der Waals surface area contributed by atoms with Gasteiger partial charge in [-0.2, -0.15) is 5.10 Å². The number of methoxy groups -OCH3 is 1. The number of carbonyl (C=O) groups excluding carboxylic acids is 3. The highest BCUT2D eigenvalue weighted by Gasteiger charge is 2.16. The molecule has 0 fully saturated rings. The van der Waals surface area contributed by atoms with Crippen molar-refractivity contribution in [3.63, 3.8) is 0 Å². The van der Waals surface area contributed by atoms with E-state index in [4.69, 9.17) is 9.47 Å². The summed E-state index contributed by atoms with van der Waals surface area (Å²) in [7, 11) is 1.48. The smallest absolute Gasteiger partial charge is 0.347 e. The maximum Gasteiger partial charge on any atom is 0.347 e. The highest BCUT2D eigenvalue weighted by molar-refractivity contribution is 6.39. The lowest BCUT2D eigenvalue weighted by atomic mass is 10.1. The van der Waals surface area contributed by atoms with E-state index in [-0.39, 0.29) is 0 Å². The maximum absolute atomic E-state index is 12.4. The molecule has 3 aromatic carbocycles. The second kappa shape index (κ2) is 10.9. The molecular weight excluding hydrogens is 434 g/mol. The quantitative estimate of drug-likeness (QED) is 0.190. The van der Waals surface area contributed by atoms with E-state index in [0.717, 1.165) is 11.1 Å². The van der Waals surface area contributed by atoms with Gasteiger partial charge in [-0.25, -0.2) is 10.2 Å². The van der Waals surface area contributed by atoms with Crippen molar-refractivity contribution in [3.05, 3.63) is 89.0 Å². The first-order valence-electron chi connectivity index (χ1n) is 10.5. The summed E-state index contributed by atoms with van der Waals surface area (Å²) in [5, 5.41) is 6.61. The van der Waals surface area contributed by atoms with E-state index in [0.29, 0.717) is 34.0 Å². The largest absolute Gasteiger partial charge is 0.496 e. The lowest BCUT2D eigenvalue weighted by molar-refractivity contribution is -0.136. The van der Waals surface area contributed by atoms with Gasteiger partial charge in [0.25, 0.3) is 0 Å². The lowest BCUT2D eigenvalue weighted by Crippen LogP contribution is -2.33. The Hall–Kier alpha value is -4.46. The number of rotatable bonds is 6. The summed E-state index contributed by atoms with van der Waals surface area (Å²) in [5.41, 5.74) is 6.02. The van der Waals surface area contributed by atoms with Gasteiger partial charge in [-0.05, 0) is 73.9 Å². The Balaban J connectivity index is 1.61. The minimum absolute atomic E-state index is 0.314. The van der Waals surface area contributed by atoms with E-state index >= 15 is 0 Å². The number of para-hydroxylation sites is 2. The van der Waals surface area contributed by atoms with Crippen LogP contribution in [0.1, 0.15) is 34.0 Å². The summed E-state index contributed by atoms with van der Waals surface area (Å²) in [5.74, 6) is -1.48. The van der Waals surface area contributed by atoms with E-state index in [2.05, 4.69) is 15.8 Å². The fourth-order valence-corrected chi connectivity index (χ4v) is 3.17. The van der Waals surface area contributed by atoms with Crippen molar-refractivity contribution in [1.29, 1.82) is 0 Å². The number of aryl methyl sites for hydroxylation is 2. The van der Waals surface area contributed by atoms with Crippen LogP contribution in [0.5, 0.6) is 11.5 Å². The van der Waals surface area contributed by atoms with Crippen LogP contribution in [0.2, 0.25) is 0 Å². The molecule has 0 aliphatic rings. The minimum atomic E-state index is -0.885. The van der Waals surface area contributed by atoms with Crippen LogP contribution in [0, 0.1) is 13.8 Å². The molecule has 2 amide bonds. The zero-order chi connectivity index (χ0) is 24.7. The molecule has 8 nitrogen and oxygen atoms in total. The zero-order valence-electron chi connectivity index (χ0n) is 19.3. The molecule has 0 unspecified atom stereocenters. The number of hydrogen-bond donors (Lipinski definition) is 2. The number of nitrogens with one attached hydrogen (secondary N) is 2. The van der Waals surface area contributed by atoms with Crippen molar-refractivity contribution < 1.29 is 23.9 Å². The van der Waals surface area contributed by atoms with Crippen molar-refractivity contribution in [2.24, 2.45) is 5.10 Å². The first-order chi connectivity index (χ1) is 16.3. The predicted molar refractivity (Wildman–Crippen MR) is 129 cm³/mol. The van der Waals surface area contributed by atoms with Crippen LogP contribution in [-0.4, -0.2) is 30.6 Å². The van der Waals surface area contributed by atoms with Gasteiger partial charge in [0.15, 0.2) is 0 Å². The van der Waals surface area contributed by atoms with E-state index < -0.39 is 17.8 Å². The summed E-state index contributed by atoms with van der Waals surface area (Å²) in [6, 6.07) is 18.9. The molecule has 0 heterocycles. The second-order valence-electron chi connectivity index (χ2n) is 7.47. The number of benzene rings is 3. The number of anilines is 1. The van der Waals surface area contributed by atoms with Crippen LogP contribution < -0.4 is 20.2 Å². The van der Waals surface area contributed by atoms with Crippen molar-refractivity contribution in [2.75, 3.05) is 12.4 Å². The molecule has 8 heteroatoms. The Morgan fingerprint density at radius 1 is 0.824 bits per heavy atom. The van der Waals surface area contributed by atoms with Crippen molar-refractivity contribution in [2.45, 2.75) is 20.8 Å². The molecule has 174 valence electrons. The van der Waals surface area contributed by atoms with E-state index in [1.807, 2.05) is 32.0 Å². The number of ether oxygens (including phenoxy) is 2. The van der Waals surface area contributed by atoms with Crippen LogP contribution in [0.15, 0.2) is 71.8 Å². The number of carbonyl (C=O) groups is 3. The number of hydrogen-bond acceptors (Lipinski definition) is 6. The van der Waals surface area contributed by atoms with Gasteiger partial charge in [-0.1, -0.05) is 30.3 Å². The normalized spacial score (nSPS) is 10.9. The van der Waals surface area contributed by atoms with Crippen LogP contribution in [0.4, 0.5) is 5.69 Å². The monoisotopic (exact) mass is 459 g/mol. The molecule has 0 spiro atoms. The molecular formula is C26H25N3O5. The molecule has 0 radical (unpaired) electrons. The molecule has 0 bridgehead atoms. The third-order valence-electron chi connectivity index (χ3n) is 5.06. The van der Waals surface area contributed by atoms with Gasteiger partial charge < -0.3 is 14.8 Å². The SMILES string of the molecule is COc1ccccc1C(=O)Oc1ccc(C(C)=NNC(=O)C(=O)Nc2c(C)cccc2C)cc1. The molecule has 0 aliphatic heterocycles. The number of amides is 2. The van der Waals surface area contributed by atoms with Crippen LogP contribution in [0.25, 0.3) is 0 Å². The third-order valence-corrected chi connectivity index (χ3v) is 5.06. The highest BCUT2D eigenvalue weighted by atomic mass is 16.5. The molecule has 3 aromatic rings. The van der Waals surface area contributed by atoms with Gasteiger partial charge in [0.05, 0.1) is 12.8 Å². The van der Waals surface area contributed by atoms with Crippen LogP contribution in [-0.2, 0) is 9.59 Å². The molecule has 34 heavy (non-hydrogen) atoms. The molecule has 0 saturated heterocycles. The summed E-state index contributed by atoms with van der Waals surface area (Å²) in [4.78, 5) is 36.8. The van der Waals surface area contributed by atoms with Gasteiger partial charge in [-0.3, -0.25) is 9.59 Å². The number of esters is 1. The Morgan fingerprint density at radius 2 is 1.47 bits per heavy atom. The number of hydrazone groups is 1. The standard InChI is InChI=1S/C26H25N3O5/c1-16-8-7-9-17(2)23(16)27-24(30)25(31)29-28-18(3)19-12-14-20(15-13-19)34-26(32)21-10-5-6-11-22(21)33-4/h5-15H,1-4H3,(H,27,30)(H,29,31). The van der Waals surface area contributed by atoms with Crippen molar-refractivity contribution in [3.8, 4) is 11.5 Å². The molecule has 0 aliphatic carbocycles. The van der Waals surface area contributed by atoms with Gasteiger partial charge in [0.1, 0.15) is 17.1 Å². The van der Waals surface area contributed by atoms with Gasteiger partial charge in [-0.15, -0.1) is 0 Å². The Kier molecular flexibility index (Phi) is 7.76. The van der Waals surface area contributed by atoms with Crippen LogP contribution >= 0.6 is 0 Å². The Bertz CT molecular complexity index is 1230. The predicted octanol–water partition coefficient (Wildman–Crippen LogP) is 4.01. The molecule has 0 saturated carbocycles. The van der Waals surface area contributed by atoms with E-state index in [1.54, 1.807) is 55.5 Å². The van der Waals surface area contributed by atoms with Gasteiger partial charge in [0, 0.05) is 5.69 Å². The lowest BCUT2D eigenvalue weighted by Gasteiger charge is -2.10. The molecule has 2 N–H and O–H groups in total. The third kappa shape index (κ3) is 5.86. The zero-order valence-corrected chi connectivity index (χ0v) is 19.3. The molecule has 0 atom stereocenters.